The number of nitrogens with one attached hydrogen (secondary N) is 2. The topological polar surface area (TPSA) is 128 Å². The molecule has 0 saturated carbocycles. The van der Waals surface area contributed by atoms with Crippen LogP contribution in [0, 0.1) is 0 Å². The first-order chi connectivity index (χ1) is 16.6. The Labute approximate surface area is 206 Å². The molecule has 1 heterocycles. The lowest BCUT2D eigenvalue weighted by Gasteiger charge is -2.34. The monoisotopic (exact) mass is 503 g/mol. The maximum Gasteiger partial charge on any atom is 0.330 e. The Balaban J connectivity index is 1.47. The number of aliphatic hydroxyl groups is 1. The van der Waals surface area contributed by atoms with Gasteiger partial charge in [-0.25, -0.2) is 13.2 Å². The summed E-state index contributed by atoms with van der Waals surface area (Å²) in [6, 6.07) is 12.6. The first-order valence-corrected chi connectivity index (χ1v) is 13.5. The SMILES string of the molecule is CCOC(=O)C=Cc1ccc(N2CCC(NC[C@H](O)c3ccc(O)c(NS(C)(=O)=O)c3)CC2)cc1. The molecule has 0 amide bonds. The van der Waals surface area contributed by atoms with Crippen molar-refractivity contribution in [3.8, 4) is 5.75 Å². The molecule has 0 unspecified atom stereocenters. The minimum absolute atomic E-state index is 0.0414. The molecule has 0 bridgehead atoms. The fourth-order valence-electron chi connectivity index (χ4n) is 3.93. The number of carbonyl (C=O) groups is 1. The van der Waals surface area contributed by atoms with Crippen LogP contribution in [0.5, 0.6) is 5.75 Å². The van der Waals surface area contributed by atoms with E-state index in [0.717, 1.165) is 43.4 Å². The lowest BCUT2D eigenvalue weighted by Crippen LogP contribution is -2.43. The van der Waals surface area contributed by atoms with E-state index in [0.29, 0.717) is 18.7 Å². The van der Waals surface area contributed by atoms with Gasteiger partial charge in [0.1, 0.15) is 5.75 Å². The van der Waals surface area contributed by atoms with Crippen LogP contribution in [0.2, 0.25) is 0 Å². The predicted molar refractivity (Wildman–Crippen MR) is 137 cm³/mol. The second-order valence-electron chi connectivity index (χ2n) is 8.51. The Hall–Kier alpha value is -3.08. The summed E-state index contributed by atoms with van der Waals surface area (Å²) in [6.45, 7) is 4.18. The summed E-state index contributed by atoms with van der Waals surface area (Å²) < 4.78 is 30.1. The van der Waals surface area contributed by atoms with E-state index in [9.17, 15) is 23.4 Å². The highest BCUT2D eigenvalue weighted by Crippen LogP contribution is 2.28. The number of aliphatic hydroxyl groups excluding tert-OH is 1. The number of aromatic hydroxyl groups is 1. The molecule has 3 rings (SSSR count). The van der Waals surface area contributed by atoms with Crippen molar-refractivity contribution in [3.63, 3.8) is 0 Å². The number of piperidine rings is 1. The molecule has 10 heteroatoms. The number of esters is 1. The van der Waals surface area contributed by atoms with Gasteiger partial charge in [-0.3, -0.25) is 4.72 Å². The van der Waals surface area contributed by atoms with Crippen molar-refractivity contribution in [1.82, 2.24) is 5.32 Å². The molecule has 9 nitrogen and oxygen atoms in total. The zero-order valence-corrected chi connectivity index (χ0v) is 20.8. The molecule has 0 aromatic heterocycles. The van der Waals surface area contributed by atoms with Crippen molar-refractivity contribution in [2.75, 3.05) is 42.1 Å². The minimum atomic E-state index is -3.54. The van der Waals surface area contributed by atoms with E-state index in [1.807, 2.05) is 24.3 Å². The molecule has 2 aromatic rings. The second-order valence-corrected chi connectivity index (χ2v) is 10.3. The summed E-state index contributed by atoms with van der Waals surface area (Å²) in [5, 5.41) is 23.8. The molecule has 1 atom stereocenters. The van der Waals surface area contributed by atoms with Crippen LogP contribution in [0.3, 0.4) is 0 Å². The van der Waals surface area contributed by atoms with Crippen LogP contribution in [0.15, 0.2) is 48.5 Å². The molecule has 4 N–H and O–H groups in total. The number of anilines is 2. The van der Waals surface area contributed by atoms with E-state index < -0.39 is 16.1 Å². The number of hydrogen-bond donors (Lipinski definition) is 4. The summed E-state index contributed by atoms with van der Waals surface area (Å²) in [5.41, 5.74) is 2.60. The third kappa shape index (κ3) is 8.27. The van der Waals surface area contributed by atoms with Crippen LogP contribution < -0.4 is 14.9 Å². The van der Waals surface area contributed by atoms with Crippen molar-refractivity contribution >= 4 is 33.4 Å². The van der Waals surface area contributed by atoms with Gasteiger partial charge >= 0.3 is 5.97 Å². The quantitative estimate of drug-likeness (QED) is 0.221. The van der Waals surface area contributed by atoms with Crippen LogP contribution in [0.4, 0.5) is 11.4 Å². The van der Waals surface area contributed by atoms with Gasteiger partial charge in [0.05, 0.1) is 24.7 Å². The largest absolute Gasteiger partial charge is 0.506 e. The van der Waals surface area contributed by atoms with Gasteiger partial charge in [0.25, 0.3) is 0 Å². The molecule has 2 aromatic carbocycles. The smallest absolute Gasteiger partial charge is 0.330 e. The highest BCUT2D eigenvalue weighted by atomic mass is 32.2. The van der Waals surface area contributed by atoms with Crippen LogP contribution in [-0.2, 0) is 19.6 Å². The fraction of sp³-hybridized carbons (Fsp3) is 0.400. The number of benzene rings is 2. The minimum Gasteiger partial charge on any atom is -0.506 e. The van der Waals surface area contributed by atoms with Gasteiger partial charge in [-0.05, 0) is 61.2 Å². The van der Waals surface area contributed by atoms with Gasteiger partial charge in [-0.2, -0.15) is 0 Å². The van der Waals surface area contributed by atoms with Crippen LogP contribution >= 0.6 is 0 Å². The van der Waals surface area contributed by atoms with E-state index in [4.69, 9.17) is 4.74 Å². The first kappa shape index (κ1) is 26.5. The van der Waals surface area contributed by atoms with Crippen molar-refractivity contribution in [2.45, 2.75) is 31.9 Å². The highest BCUT2D eigenvalue weighted by Gasteiger charge is 2.21. The normalized spacial score (nSPS) is 15.8. The van der Waals surface area contributed by atoms with Crippen LogP contribution in [-0.4, -0.2) is 63.1 Å². The molecule has 0 radical (unpaired) electrons. The van der Waals surface area contributed by atoms with Crippen molar-refractivity contribution < 1.29 is 28.2 Å². The summed E-state index contributed by atoms with van der Waals surface area (Å²) in [7, 11) is -3.54. The van der Waals surface area contributed by atoms with Gasteiger partial charge in [-0.15, -0.1) is 0 Å². The molecule has 1 fully saturated rings. The summed E-state index contributed by atoms with van der Waals surface area (Å²) in [6.07, 6.45) is 5.13. The number of phenols is 1. The molecular formula is C25H33N3O6S. The lowest BCUT2D eigenvalue weighted by atomic mass is 10.0. The van der Waals surface area contributed by atoms with Gasteiger partial charge in [-0.1, -0.05) is 18.2 Å². The van der Waals surface area contributed by atoms with E-state index in [1.165, 1.54) is 18.2 Å². The molecular weight excluding hydrogens is 470 g/mol. The average Bonchev–Trinajstić information content (AvgIpc) is 2.82. The fourth-order valence-corrected chi connectivity index (χ4v) is 4.49. The number of rotatable bonds is 10. The summed E-state index contributed by atoms with van der Waals surface area (Å²) in [4.78, 5) is 13.7. The Morgan fingerprint density at radius 2 is 1.89 bits per heavy atom. The maximum absolute atomic E-state index is 11.5. The third-order valence-electron chi connectivity index (χ3n) is 5.75. The standard InChI is InChI=1S/C25H33N3O6S/c1-3-34-25(31)11-6-18-4-8-21(9-5-18)28-14-12-20(13-15-28)26-17-24(30)19-7-10-23(29)22(16-19)27-35(2,32)33/h4-11,16,20,24,26-27,29-30H,3,12-15,17H2,1-2H3/t24-/m0/s1. The number of phenolic OH excluding ortho intramolecular Hbond substituents is 1. The van der Waals surface area contributed by atoms with E-state index >= 15 is 0 Å². The Bertz CT molecular complexity index is 1130. The van der Waals surface area contributed by atoms with Gasteiger partial charge < -0.3 is 25.2 Å². The average molecular weight is 504 g/mol. The third-order valence-corrected chi connectivity index (χ3v) is 6.34. The Morgan fingerprint density at radius 3 is 2.51 bits per heavy atom. The summed E-state index contributed by atoms with van der Waals surface area (Å²) in [5.74, 6) is -0.553. The molecule has 1 aliphatic rings. The number of nitrogens with zero attached hydrogens (tertiary/aromatic N) is 1. The van der Waals surface area contributed by atoms with Crippen LogP contribution in [0.1, 0.15) is 37.0 Å². The number of hydrogen-bond acceptors (Lipinski definition) is 8. The van der Waals surface area contributed by atoms with E-state index in [1.54, 1.807) is 19.1 Å². The Morgan fingerprint density at radius 1 is 1.20 bits per heavy atom. The maximum atomic E-state index is 11.5. The Kier molecular flexibility index (Phi) is 9.13. The van der Waals surface area contributed by atoms with Gasteiger partial charge in [0, 0.05) is 37.4 Å². The number of carbonyl (C=O) groups excluding carboxylic acids is 1. The van der Waals surface area contributed by atoms with E-state index in [2.05, 4.69) is 14.9 Å². The molecule has 1 saturated heterocycles. The van der Waals surface area contributed by atoms with Crippen molar-refractivity contribution in [1.29, 1.82) is 0 Å². The van der Waals surface area contributed by atoms with Gasteiger partial charge in [0.15, 0.2) is 0 Å². The second kappa shape index (κ2) is 12.1. The molecule has 35 heavy (non-hydrogen) atoms. The molecule has 0 aliphatic carbocycles. The lowest BCUT2D eigenvalue weighted by molar-refractivity contribution is -0.137. The van der Waals surface area contributed by atoms with Crippen LogP contribution in [0.25, 0.3) is 6.08 Å². The molecule has 190 valence electrons. The summed E-state index contributed by atoms with van der Waals surface area (Å²) >= 11 is 0. The van der Waals surface area contributed by atoms with Crippen molar-refractivity contribution in [2.24, 2.45) is 0 Å². The zero-order valence-electron chi connectivity index (χ0n) is 20.0. The first-order valence-electron chi connectivity index (χ1n) is 11.6. The van der Waals surface area contributed by atoms with Crippen molar-refractivity contribution in [3.05, 3.63) is 59.7 Å². The number of ether oxygens (including phenoxy) is 1. The predicted octanol–water partition coefficient (Wildman–Crippen LogP) is 2.63. The van der Waals surface area contributed by atoms with E-state index in [-0.39, 0.29) is 23.4 Å². The van der Waals surface area contributed by atoms with Gasteiger partial charge in [0.2, 0.25) is 10.0 Å². The molecule has 0 spiro atoms. The molecule has 1 aliphatic heterocycles. The number of sulfonamides is 1. The highest BCUT2D eigenvalue weighted by molar-refractivity contribution is 7.92. The zero-order chi connectivity index (χ0) is 25.4.